The minimum Gasteiger partial charge on any atom is -0.349 e. The molecule has 0 radical (unpaired) electrons. The second kappa shape index (κ2) is 7.78. The van der Waals surface area contributed by atoms with E-state index >= 15 is 0 Å². The summed E-state index contributed by atoms with van der Waals surface area (Å²) < 4.78 is 1.65. The van der Waals surface area contributed by atoms with Crippen LogP contribution in [0.4, 0.5) is 0 Å². The molecular formula is C19H31N5O2. The van der Waals surface area contributed by atoms with E-state index in [1.165, 1.54) is 0 Å². The molecule has 3 rings (SSSR count). The third-order valence-corrected chi connectivity index (χ3v) is 5.73. The molecule has 1 aliphatic heterocycles. The first kappa shape index (κ1) is 18.9. The zero-order chi connectivity index (χ0) is 18.8. The highest BCUT2D eigenvalue weighted by Gasteiger charge is 2.35. The number of aromatic nitrogens is 2. The summed E-state index contributed by atoms with van der Waals surface area (Å²) in [6, 6.07) is 0.613. The van der Waals surface area contributed by atoms with E-state index < -0.39 is 0 Å². The number of nitrogens with one attached hydrogen (secondary N) is 1. The van der Waals surface area contributed by atoms with Gasteiger partial charge >= 0.3 is 0 Å². The zero-order valence-electron chi connectivity index (χ0n) is 16.4. The van der Waals surface area contributed by atoms with Gasteiger partial charge in [-0.05, 0) is 40.0 Å². The summed E-state index contributed by atoms with van der Waals surface area (Å²) in [4.78, 5) is 29.7. The van der Waals surface area contributed by atoms with Crippen LogP contribution in [-0.4, -0.2) is 69.7 Å². The van der Waals surface area contributed by atoms with Gasteiger partial charge in [0.15, 0.2) is 0 Å². The van der Waals surface area contributed by atoms with Crippen molar-refractivity contribution < 1.29 is 9.59 Å². The number of aryl methyl sites for hydroxylation is 2. The molecule has 1 saturated heterocycles. The summed E-state index contributed by atoms with van der Waals surface area (Å²) in [6.07, 6.45) is 4.22. The molecule has 1 aliphatic carbocycles. The van der Waals surface area contributed by atoms with Gasteiger partial charge in [-0.15, -0.1) is 0 Å². The lowest BCUT2D eigenvalue weighted by molar-refractivity contribution is -0.137. The van der Waals surface area contributed by atoms with Gasteiger partial charge in [-0.1, -0.05) is 0 Å². The van der Waals surface area contributed by atoms with Gasteiger partial charge in [-0.2, -0.15) is 5.10 Å². The molecule has 26 heavy (non-hydrogen) atoms. The van der Waals surface area contributed by atoms with Gasteiger partial charge in [0.05, 0.1) is 11.3 Å². The van der Waals surface area contributed by atoms with E-state index in [0.717, 1.165) is 51.1 Å². The third kappa shape index (κ3) is 4.09. The van der Waals surface area contributed by atoms with Crippen LogP contribution >= 0.6 is 0 Å². The van der Waals surface area contributed by atoms with E-state index in [-0.39, 0.29) is 23.8 Å². The number of hydrogen-bond acceptors (Lipinski definition) is 4. The molecule has 2 heterocycles. The lowest BCUT2D eigenvalue weighted by Crippen LogP contribution is -2.52. The number of amides is 2. The molecule has 1 saturated carbocycles. The van der Waals surface area contributed by atoms with Crippen LogP contribution in [0.5, 0.6) is 0 Å². The van der Waals surface area contributed by atoms with Crippen LogP contribution in [-0.2, 0) is 11.8 Å². The Morgan fingerprint density at radius 3 is 2.46 bits per heavy atom. The zero-order valence-corrected chi connectivity index (χ0v) is 16.4. The molecule has 2 amide bonds. The van der Waals surface area contributed by atoms with Crippen molar-refractivity contribution in [2.45, 2.75) is 52.1 Å². The van der Waals surface area contributed by atoms with Crippen molar-refractivity contribution in [2.75, 3.05) is 26.2 Å². The molecule has 2 aliphatic rings. The van der Waals surface area contributed by atoms with Crippen LogP contribution in [0, 0.1) is 12.8 Å². The number of piperazine rings is 1. The summed E-state index contributed by atoms with van der Waals surface area (Å²) >= 11 is 0. The highest BCUT2D eigenvalue weighted by atomic mass is 16.2. The van der Waals surface area contributed by atoms with Gasteiger partial charge in [0, 0.05) is 57.4 Å². The molecule has 0 spiro atoms. The summed E-state index contributed by atoms with van der Waals surface area (Å²) in [5, 5.41) is 7.31. The molecule has 1 aromatic rings. The maximum absolute atomic E-state index is 12.8. The van der Waals surface area contributed by atoms with Crippen molar-refractivity contribution >= 4 is 11.8 Å². The first-order valence-electron chi connectivity index (χ1n) is 9.69. The van der Waals surface area contributed by atoms with Crippen LogP contribution in [0.3, 0.4) is 0 Å². The molecule has 1 aromatic heterocycles. The van der Waals surface area contributed by atoms with Crippen molar-refractivity contribution in [3.8, 4) is 0 Å². The Bertz CT molecular complexity index is 661. The largest absolute Gasteiger partial charge is 0.349 e. The normalized spacial score (nSPS) is 24.3. The molecule has 2 atom stereocenters. The Morgan fingerprint density at radius 1 is 1.19 bits per heavy atom. The van der Waals surface area contributed by atoms with Gasteiger partial charge in [0.1, 0.15) is 0 Å². The molecule has 2 fully saturated rings. The van der Waals surface area contributed by atoms with Crippen LogP contribution < -0.4 is 5.32 Å². The predicted molar refractivity (Wildman–Crippen MR) is 99.8 cm³/mol. The summed E-state index contributed by atoms with van der Waals surface area (Å²) in [6.45, 7) is 9.79. The van der Waals surface area contributed by atoms with E-state index in [9.17, 15) is 9.59 Å². The van der Waals surface area contributed by atoms with Crippen molar-refractivity contribution in [1.82, 2.24) is 24.9 Å². The van der Waals surface area contributed by atoms with Crippen LogP contribution in [0.2, 0.25) is 0 Å². The maximum atomic E-state index is 12.8. The number of carbonyl (C=O) groups is 2. The lowest BCUT2D eigenvalue weighted by atomic mass is 10.1. The fourth-order valence-electron chi connectivity index (χ4n) is 4.14. The molecule has 144 valence electrons. The second-order valence-electron chi connectivity index (χ2n) is 7.94. The summed E-state index contributed by atoms with van der Waals surface area (Å²) in [5.41, 5.74) is 1.35. The summed E-state index contributed by atoms with van der Waals surface area (Å²) in [5.74, 6) is 0.225. The van der Waals surface area contributed by atoms with Crippen molar-refractivity contribution in [3.05, 3.63) is 17.5 Å². The quantitative estimate of drug-likeness (QED) is 0.874. The Kier molecular flexibility index (Phi) is 5.65. The molecule has 1 N–H and O–H groups in total. The summed E-state index contributed by atoms with van der Waals surface area (Å²) in [7, 11) is 1.81. The van der Waals surface area contributed by atoms with Gasteiger partial charge in [0.2, 0.25) is 5.91 Å². The Hall–Kier alpha value is -1.89. The Balaban J connectivity index is 1.50. The Morgan fingerprint density at radius 2 is 1.88 bits per heavy atom. The van der Waals surface area contributed by atoms with Gasteiger partial charge in [-0.25, -0.2) is 0 Å². The minimum atomic E-state index is -0.0840. The predicted octanol–water partition coefficient (Wildman–Crippen LogP) is 1.18. The van der Waals surface area contributed by atoms with Crippen molar-refractivity contribution in [2.24, 2.45) is 13.0 Å². The molecule has 0 unspecified atom stereocenters. The van der Waals surface area contributed by atoms with Gasteiger partial charge in [0.25, 0.3) is 5.91 Å². The molecule has 7 heteroatoms. The second-order valence-corrected chi connectivity index (χ2v) is 7.94. The van der Waals surface area contributed by atoms with Crippen molar-refractivity contribution in [1.29, 1.82) is 0 Å². The highest BCUT2D eigenvalue weighted by molar-refractivity contribution is 5.95. The van der Waals surface area contributed by atoms with Gasteiger partial charge < -0.3 is 10.2 Å². The molecule has 0 aromatic carbocycles. The number of hydrogen-bond donors (Lipinski definition) is 1. The fraction of sp³-hybridized carbons (Fsp3) is 0.737. The monoisotopic (exact) mass is 361 g/mol. The average Bonchev–Trinajstić information content (AvgIpc) is 3.20. The maximum Gasteiger partial charge on any atom is 0.254 e. The third-order valence-electron chi connectivity index (χ3n) is 5.73. The standard InChI is InChI=1S/C19H31N5O2/c1-13(2)23-7-9-24(10-8-23)19(26)15-5-6-16(11-15)20-18(25)17-12-22(4)21-14(17)3/h12-13,15-16H,5-11H2,1-4H3,(H,20,25)/t15-,16+/m0/s1. The van der Waals surface area contributed by atoms with Crippen LogP contribution in [0.15, 0.2) is 6.20 Å². The van der Waals surface area contributed by atoms with Crippen molar-refractivity contribution in [3.63, 3.8) is 0 Å². The SMILES string of the molecule is Cc1nn(C)cc1C(=O)N[C@@H]1CC[C@H](C(=O)N2CCN(C(C)C)CC2)C1. The number of carbonyl (C=O) groups excluding carboxylic acids is 2. The van der Waals surface area contributed by atoms with E-state index in [4.69, 9.17) is 0 Å². The molecule has 0 bridgehead atoms. The molecule has 7 nitrogen and oxygen atoms in total. The topological polar surface area (TPSA) is 70.5 Å². The number of nitrogens with zero attached hydrogens (tertiary/aromatic N) is 4. The lowest BCUT2D eigenvalue weighted by Gasteiger charge is -2.38. The van der Waals surface area contributed by atoms with E-state index in [2.05, 4.69) is 29.2 Å². The number of rotatable bonds is 4. The van der Waals surface area contributed by atoms with E-state index in [1.807, 2.05) is 18.9 Å². The molecular weight excluding hydrogens is 330 g/mol. The van der Waals surface area contributed by atoms with Crippen LogP contribution in [0.1, 0.15) is 49.2 Å². The van der Waals surface area contributed by atoms with Crippen LogP contribution in [0.25, 0.3) is 0 Å². The minimum absolute atomic E-state index is 0.0425. The first-order valence-corrected chi connectivity index (χ1v) is 9.69. The van der Waals surface area contributed by atoms with E-state index in [0.29, 0.717) is 11.6 Å². The van der Waals surface area contributed by atoms with E-state index in [1.54, 1.807) is 10.9 Å². The average molecular weight is 361 g/mol. The van der Waals surface area contributed by atoms with Gasteiger partial charge in [-0.3, -0.25) is 19.2 Å². The fourth-order valence-corrected chi connectivity index (χ4v) is 4.14. The highest BCUT2D eigenvalue weighted by Crippen LogP contribution is 2.28. The first-order chi connectivity index (χ1) is 12.3. The Labute approximate surface area is 155 Å². The smallest absolute Gasteiger partial charge is 0.254 e.